The van der Waals surface area contributed by atoms with Crippen LogP contribution in [-0.4, -0.2) is 0 Å². The fourth-order valence-electron chi connectivity index (χ4n) is 2.52. The molecule has 0 saturated carbocycles. The highest BCUT2D eigenvalue weighted by atomic mass is 19.3. The summed E-state index contributed by atoms with van der Waals surface area (Å²) in [4.78, 5) is 0. The molecule has 1 nitrogen and oxygen atoms in total. The number of hydrogen-bond donors (Lipinski definition) is 0. The number of ether oxygens (including phenoxy) is 1. The van der Waals surface area contributed by atoms with Crippen molar-refractivity contribution in [3.8, 4) is 16.9 Å². The van der Waals surface area contributed by atoms with E-state index < -0.39 is 46.5 Å². The Morgan fingerprint density at radius 1 is 0.714 bits per heavy atom. The Labute approximate surface area is 155 Å². The Kier molecular flexibility index (Phi) is 5.06. The molecule has 0 radical (unpaired) electrons. The molecule has 0 amide bonds. The van der Waals surface area contributed by atoms with Crippen molar-refractivity contribution in [2.24, 2.45) is 0 Å². The molecule has 0 aliphatic rings. The summed E-state index contributed by atoms with van der Waals surface area (Å²) < 4.78 is 101. The zero-order chi connectivity index (χ0) is 20.6. The smallest absolute Gasteiger partial charge is 0.429 e. The van der Waals surface area contributed by atoms with Crippen molar-refractivity contribution in [3.63, 3.8) is 0 Å². The normalized spacial score (nSPS) is 11.6. The first kappa shape index (κ1) is 19.7. The van der Waals surface area contributed by atoms with Gasteiger partial charge in [0.1, 0.15) is 11.3 Å². The van der Waals surface area contributed by atoms with Crippen LogP contribution in [0.4, 0.5) is 30.7 Å². The third-order valence-corrected chi connectivity index (χ3v) is 3.96. The second kappa shape index (κ2) is 7.18. The predicted molar refractivity (Wildman–Crippen MR) is 87.4 cm³/mol. The quantitative estimate of drug-likeness (QED) is 0.360. The lowest BCUT2D eigenvalue weighted by Crippen LogP contribution is -2.24. The summed E-state index contributed by atoms with van der Waals surface area (Å²) in [6, 6.07) is 8.12. The fourth-order valence-corrected chi connectivity index (χ4v) is 2.52. The van der Waals surface area contributed by atoms with Gasteiger partial charge in [-0.25, -0.2) is 22.0 Å². The molecule has 0 atom stereocenters. The maximum atomic E-state index is 14.4. The lowest BCUT2D eigenvalue weighted by molar-refractivity contribution is -0.187. The van der Waals surface area contributed by atoms with Gasteiger partial charge in [0.05, 0.1) is 0 Å². The van der Waals surface area contributed by atoms with Crippen molar-refractivity contribution in [2.75, 3.05) is 0 Å². The van der Waals surface area contributed by atoms with Crippen LogP contribution in [0, 0.1) is 36.0 Å². The highest BCUT2D eigenvalue weighted by Gasteiger charge is 2.39. The van der Waals surface area contributed by atoms with Gasteiger partial charge in [-0.15, -0.1) is 0 Å². The second-order valence-electron chi connectivity index (χ2n) is 5.97. The molecule has 0 saturated heterocycles. The van der Waals surface area contributed by atoms with Gasteiger partial charge in [-0.2, -0.15) is 8.78 Å². The average Bonchev–Trinajstić information content (AvgIpc) is 2.62. The van der Waals surface area contributed by atoms with Crippen molar-refractivity contribution >= 4 is 0 Å². The van der Waals surface area contributed by atoms with E-state index in [-0.39, 0.29) is 23.3 Å². The van der Waals surface area contributed by atoms with Crippen LogP contribution in [0.2, 0.25) is 0 Å². The molecule has 0 bridgehead atoms. The van der Waals surface area contributed by atoms with Crippen LogP contribution in [0.3, 0.4) is 0 Å². The maximum Gasteiger partial charge on any atom is 0.429 e. The lowest BCUT2D eigenvalue weighted by Gasteiger charge is -2.20. The molecular weight excluding hydrogens is 389 g/mol. The average molecular weight is 400 g/mol. The van der Waals surface area contributed by atoms with E-state index in [1.165, 1.54) is 12.1 Å². The number of halogens is 7. The fraction of sp³-hybridized carbons (Fsp3) is 0.100. The minimum atomic E-state index is -4.48. The van der Waals surface area contributed by atoms with Crippen LogP contribution in [0.15, 0.2) is 48.5 Å². The molecular formula is C20H11F7O. The van der Waals surface area contributed by atoms with Crippen molar-refractivity contribution in [2.45, 2.75) is 13.0 Å². The number of rotatable bonds is 4. The molecule has 28 heavy (non-hydrogen) atoms. The minimum absolute atomic E-state index is 0.168. The molecule has 3 aromatic rings. The van der Waals surface area contributed by atoms with Crippen molar-refractivity contribution in [3.05, 3.63) is 88.7 Å². The van der Waals surface area contributed by atoms with Gasteiger partial charge in [0, 0.05) is 17.7 Å². The van der Waals surface area contributed by atoms with Crippen LogP contribution < -0.4 is 4.74 Å². The van der Waals surface area contributed by atoms with E-state index in [0.717, 1.165) is 11.6 Å². The monoisotopic (exact) mass is 400 g/mol. The van der Waals surface area contributed by atoms with Crippen molar-refractivity contribution < 1.29 is 35.5 Å². The predicted octanol–water partition coefficient (Wildman–Crippen LogP) is 6.49. The van der Waals surface area contributed by atoms with Gasteiger partial charge in [-0.1, -0.05) is 35.9 Å². The summed E-state index contributed by atoms with van der Waals surface area (Å²) in [5.41, 5.74) is -0.609. The van der Waals surface area contributed by atoms with Gasteiger partial charge in [0.25, 0.3) is 0 Å². The molecule has 146 valence electrons. The van der Waals surface area contributed by atoms with Crippen LogP contribution in [-0.2, 0) is 6.11 Å². The van der Waals surface area contributed by atoms with E-state index in [9.17, 15) is 30.7 Å². The van der Waals surface area contributed by atoms with Crippen LogP contribution in [0.5, 0.6) is 5.75 Å². The van der Waals surface area contributed by atoms with Gasteiger partial charge >= 0.3 is 6.11 Å². The number of alkyl halides is 2. The largest absolute Gasteiger partial charge is 0.429 e. The molecule has 3 rings (SSSR count). The molecule has 0 aliphatic heterocycles. The van der Waals surface area contributed by atoms with Gasteiger partial charge < -0.3 is 4.74 Å². The van der Waals surface area contributed by atoms with E-state index >= 15 is 0 Å². The molecule has 0 aromatic heterocycles. The number of benzene rings is 3. The summed E-state index contributed by atoms with van der Waals surface area (Å²) in [5, 5.41) is 0. The van der Waals surface area contributed by atoms with Crippen molar-refractivity contribution in [1.82, 2.24) is 0 Å². The van der Waals surface area contributed by atoms with Crippen molar-refractivity contribution in [1.29, 1.82) is 0 Å². The van der Waals surface area contributed by atoms with Gasteiger partial charge in [0.15, 0.2) is 29.1 Å². The molecule has 0 N–H and O–H groups in total. The van der Waals surface area contributed by atoms with E-state index in [2.05, 4.69) is 4.74 Å². The Hall–Kier alpha value is -3.03. The van der Waals surface area contributed by atoms with E-state index in [1.54, 1.807) is 19.1 Å². The Balaban J connectivity index is 1.98. The third kappa shape index (κ3) is 3.67. The zero-order valence-corrected chi connectivity index (χ0v) is 14.2. The third-order valence-electron chi connectivity index (χ3n) is 3.96. The molecule has 0 aliphatic carbocycles. The SMILES string of the molecule is Cc1ccc(-c2ccc(C(F)(F)Oc3cc(F)c(F)c(F)c3)c(F)c2F)cc1. The number of aryl methyl sites for hydroxylation is 1. The number of hydrogen-bond acceptors (Lipinski definition) is 1. The highest BCUT2D eigenvalue weighted by Crippen LogP contribution is 2.37. The van der Waals surface area contributed by atoms with Gasteiger partial charge in [-0.05, 0) is 18.6 Å². The summed E-state index contributed by atoms with van der Waals surface area (Å²) in [5.74, 6) is -9.94. The summed E-state index contributed by atoms with van der Waals surface area (Å²) >= 11 is 0. The Morgan fingerprint density at radius 3 is 1.86 bits per heavy atom. The molecule has 3 aromatic carbocycles. The first-order chi connectivity index (χ1) is 13.1. The standard InChI is InChI=1S/C20H11F7O/c1-10-2-4-11(5-3-10)13-6-7-14(18(24)17(13)23)20(26,27)28-12-8-15(21)19(25)16(22)9-12/h2-9H,1H3. The second-order valence-corrected chi connectivity index (χ2v) is 5.97. The molecule has 0 unspecified atom stereocenters. The van der Waals surface area contributed by atoms with E-state index in [0.29, 0.717) is 6.07 Å². The van der Waals surface area contributed by atoms with Crippen LogP contribution in [0.1, 0.15) is 11.1 Å². The van der Waals surface area contributed by atoms with Crippen LogP contribution in [0.25, 0.3) is 11.1 Å². The first-order valence-corrected chi connectivity index (χ1v) is 7.87. The van der Waals surface area contributed by atoms with Gasteiger partial charge in [0.2, 0.25) is 0 Å². The molecule has 0 fully saturated rings. The summed E-state index contributed by atoms with van der Waals surface area (Å²) in [7, 11) is 0. The zero-order valence-electron chi connectivity index (χ0n) is 14.2. The Bertz CT molecular complexity index is 1010. The molecule has 8 heteroatoms. The highest BCUT2D eigenvalue weighted by molar-refractivity contribution is 5.65. The lowest BCUT2D eigenvalue weighted by atomic mass is 10.0. The molecule has 0 spiro atoms. The van der Waals surface area contributed by atoms with E-state index in [4.69, 9.17) is 0 Å². The topological polar surface area (TPSA) is 9.23 Å². The Morgan fingerprint density at radius 2 is 1.29 bits per heavy atom. The van der Waals surface area contributed by atoms with E-state index in [1.807, 2.05) is 0 Å². The summed E-state index contributed by atoms with van der Waals surface area (Å²) in [6.45, 7) is 1.78. The van der Waals surface area contributed by atoms with Gasteiger partial charge in [-0.3, -0.25) is 0 Å². The first-order valence-electron chi connectivity index (χ1n) is 7.87. The summed E-state index contributed by atoms with van der Waals surface area (Å²) in [6.07, 6.45) is -4.48. The van der Waals surface area contributed by atoms with Crippen LogP contribution >= 0.6 is 0 Å². The maximum absolute atomic E-state index is 14.4. The molecule has 0 heterocycles. The minimum Gasteiger partial charge on any atom is -0.429 e.